The summed E-state index contributed by atoms with van der Waals surface area (Å²) in [6.45, 7) is 6.39. The first-order valence-corrected chi connectivity index (χ1v) is 19.5. The third-order valence-electron chi connectivity index (χ3n) is 11.3. The number of para-hydroxylation sites is 2. The van der Waals surface area contributed by atoms with Crippen LogP contribution >= 0.6 is 0 Å². The molecule has 4 nitrogen and oxygen atoms in total. The second kappa shape index (κ2) is 12.9. The fourth-order valence-electron chi connectivity index (χ4n) is 8.68. The molecule has 0 fully saturated rings. The van der Waals surface area contributed by atoms with Gasteiger partial charge in [-0.3, -0.25) is 0 Å². The third-order valence-corrected chi connectivity index (χ3v) is 11.3. The van der Waals surface area contributed by atoms with Gasteiger partial charge in [0.05, 0.1) is 0 Å². The summed E-state index contributed by atoms with van der Waals surface area (Å²) in [5.41, 5.74) is 13.6. The number of hydrogen-bond acceptors (Lipinski definition) is 4. The smallest absolute Gasteiger partial charge is 0.139 e. The van der Waals surface area contributed by atoms with E-state index in [4.69, 9.17) is 8.83 Å². The molecule has 0 saturated heterocycles. The highest BCUT2D eigenvalue weighted by Gasteiger charge is 2.21. The lowest BCUT2D eigenvalue weighted by Gasteiger charge is -2.26. The topological polar surface area (TPSA) is 32.8 Å². The van der Waals surface area contributed by atoms with Gasteiger partial charge in [-0.25, -0.2) is 0 Å². The normalized spacial score (nSPS) is 11.8. The Bertz CT molecular complexity index is 3340. The Morgan fingerprint density at radius 2 is 0.807 bits per heavy atom. The van der Waals surface area contributed by atoms with E-state index in [1.807, 2.05) is 0 Å². The highest BCUT2D eigenvalue weighted by atomic mass is 16.3. The van der Waals surface area contributed by atoms with Crippen molar-refractivity contribution in [3.8, 4) is 0 Å². The summed E-state index contributed by atoms with van der Waals surface area (Å²) in [4.78, 5) is 4.63. The summed E-state index contributed by atoms with van der Waals surface area (Å²) in [5.74, 6) is 0. The molecule has 0 spiro atoms. The van der Waals surface area contributed by atoms with Crippen LogP contribution in [0.1, 0.15) is 16.7 Å². The zero-order valence-electron chi connectivity index (χ0n) is 32.0. The first kappa shape index (κ1) is 33.1. The molecule has 0 aliphatic rings. The van der Waals surface area contributed by atoms with E-state index in [2.05, 4.69) is 206 Å². The highest BCUT2D eigenvalue weighted by Crippen LogP contribution is 2.45. The van der Waals surface area contributed by atoms with Crippen molar-refractivity contribution in [2.24, 2.45) is 0 Å². The number of fused-ring (bicyclic) bond motifs is 9. The van der Waals surface area contributed by atoms with E-state index in [1.165, 1.54) is 11.1 Å². The number of rotatable bonds is 6. The lowest BCUT2D eigenvalue weighted by Crippen LogP contribution is -2.09. The van der Waals surface area contributed by atoms with Gasteiger partial charge in [-0.1, -0.05) is 72.8 Å². The van der Waals surface area contributed by atoms with Gasteiger partial charge >= 0.3 is 0 Å². The molecule has 9 aromatic carbocycles. The predicted octanol–water partition coefficient (Wildman–Crippen LogP) is 15.7. The van der Waals surface area contributed by atoms with Gasteiger partial charge in [0.15, 0.2) is 0 Å². The first-order valence-electron chi connectivity index (χ1n) is 19.5. The van der Waals surface area contributed by atoms with Crippen LogP contribution < -0.4 is 9.80 Å². The third kappa shape index (κ3) is 5.52. The Morgan fingerprint density at radius 3 is 1.33 bits per heavy atom. The Balaban J connectivity index is 1.07. The standard InChI is InChI=1S/C53H38N2O2/c1-33-12-10-18-42(24-33)54(40-14-6-4-7-15-40)44-22-20-36-29-46-48(31-38(36)27-44)56-50-26-35(3)53-52(51(46)50)47-30-37-21-23-45(28-39(37)32-49(47)57-53)55(41-16-8-5-9-17-41)43-19-11-13-34(2)25-43/h4-32H,1-3H3. The summed E-state index contributed by atoms with van der Waals surface area (Å²) in [7, 11) is 0. The zero-order valence-corrected chi connectivity index (χ0v) is 32.0. The van der Waals surface area contributed by atoms with Crippen LogP contribution in [-0.2, 0) is 0 Å². The Morgan fingerprint density at radius 1 is 0.333 bits per heavy atom. The van der Waals surface area contributed by atoms with Gasteiger partial charge in [-0.15, -0.1) is 0 Å². The summed E-state index contributed by atoms with van der Waals surface area (Å²) in [6.07, 6.45) is 0. The molecule has 4 heteroatoms. The van der Waals surface area contributed by atoms with Gasteiger partial charge in [-0.05, 0) is 162 Å². The monoisotopic (exact) mass is 734 g/mol. The minimum Gasteiger partial charge on any atom is -0.456 e. The Hall–Kier alpha value is -7.30. The zero-order chi connectivity index (χ0) is 38.2. The summed E-state index contributed by atoms with van der Waals surface area (Å²) >= 11 is 0. The molecule has 57 heavy (non-hydrogen) atoms. The van der Waals surface area contributed by atoms with Crippen molar-refractivity contribution in [1.29, 1.82) is 0 Å². The molecule has 0 bridgehead atoms. The first-order chi connectivity index (χ1) is 27.9. The van der Waals surface area contributed by atoms with Gasteiger partial charge in [0, 0.05) is 55.7 Å². The molecule has 0 N–H and O–H groups in total. The number of anilines is 6. The molecule has 0 unspecified atom stereocenters. The summed E-state index contributed by atoms with van der Waals surface area (Å²) < 4.78 is 13.5. The minimum absolute atomic E-state index is 0.861. The van der Waals surface area contributed by atoms with E-state index in [9.17, 15) is 0 Å². The van der Waals surface area contributed by atoms with Crippen molar-refractivity contribution < 1.29 is 8.83 Å². The number of furan rings is 2. The molecule has 0 amide bonds. The number of hydrogen-bond donors (Lipinski definition) is 0. The Kier molecular flexibility index (Phi) is 7.48. The van der Waals surface area contributed by atoms with Crippen LogP contribution in [0.2, 0.25) is 0 Å². The van der Waals surface area contributed by atoms with Gasteiger partial charge in [0.1, 0.15) is 22.3 Å². The van der Waals surface area contributed by atoms with E-state index in [-0.39, 0.29) is 0 Å². The average Bonchev–Trinajstić information content (AvgIpc) is 3.77. The number of benzene rings is 9. The second-order valence-corrected chi connectivity index (χ2v) is 15.3. The van der Waals surface area contributed by atoms with Crippen molar-refractivity contribution in [1.82, 2.24) is 0 Å². The number of nitrogens with zero attached hydrogens (tertiary/aromatic N) is 2. The molecule has 2 aromatic heterocycles. The lowest BCUT2D eigenvalue weighted by atomic mass is 9.99. The van der Waals surface area contributed by atoms with Crippen LogP contribution in [0.5, 0.6) is 0 Å². The van der Waals surface area contributed by atoms with Crippen molar-refractivity contribution in [2.45, 2.75) is 20.8 Å². The summed E-state index contributed by atoms with van der Waals surface area (Å²) in [5, 5.41) is 8.92. The fourth-order valence-corrected chi connectivity index (χ4v) is 8.68. The van der Waals surface area contributed by atoms with Gasteiger partial charge < -0.3 is 18.6 Å². The van der Waals surface area contributed by atoms with Crippen LogP contribution in [0.3, 0.4) is 0 Å². The van der Waals surface area contributed by atoms with Gasteiger partial charge in [0.25, 0.3) is 0 Å². The van der Waals surface area contributed by atoms with E-state index in [0.29, 0.717) is 0 Å². The molecule has 11 aromatic rings. The molecule has 0 aliphatic heterocycles. The van der Waals surface area contributed by atoms with Crippen molar-refractivity contribution in [3.05, 3.63) is 193 Å². The van der Waals surface area contributed by atoms with Crippen molar-refractivity contribution in [3.63, 3.8) is 0 Å². The van der Waals surface area contributed by atoms with Crippen molar-refractivity contribution in [2.75, 3.05) is 9.80 Å². The van der Waals surface area contributed by atoms with Crippen LogP contribution in [0.15, 0.2) is 185 Å². The van der Waals surface area contributed by atoms with Crippen molar-refractivity contribution >= 4 is 99.5 Å². The summed E-state index contributed by atoms with van der Waals surface area (Å²) in [6, 6.07) is 63.0. The maximum Gasteiger partial charge on any atom is 0.139 e. The maximum absolute atomic E-state index is 6.76. The molecule has 2 heterocycles. The van der Waals surface area contributed by atoms with E-state index in [1.54, 1.807) is 0 Å². The lowest BCUT2D eigenvalue weighted by molar-refractivity contribution is 0.660. The quantitative estimate of drug-likeness (QED) is 0.170. The van der Waals surface area contributed by atoms with E-state index >= 15 is 0 Å². The Labute approximate surface area is 330 Å². The van der Waals surface area contributed by atoms with Gasteiger partial charge in [0.2, 0.25) is 0 Å². The van der Waals surface area contributed by atoms with Crippen LogP contribution in [-0.4, -0.2) is 0 Å². The molecule has 272 valence electrons. The molecule has 0 saturated carbocycles. The molecular formula is C53H38N2O2. The molecule has 0 aliphatic carbocycles. The largest absolute Gasteiger partial charge is 0.456 e. The average molecular weight is 735 g/mol. The fraction of sp³-hybridized carbons (Fsp3) is 0.0566. The molecule has 0 atom stereocenters. The highest BCUT2D eigenvalue weighted by molar-refractivity contribution is 6.28. The molecule has 11 rings (SSSR count). The van der Waals surface area contributed by atoms with Crippen LogP contribution in [0.4, 0.5) is 34.1 Å². The van der Waals surface area contributed by atoms with Crippen LogP contribution in [0, 0.1) is 20.8 Å². The van der Waals surface area contributed by atoms with Crippen LogP contribution in [0.25, 0.3) is 65.4 Å². The van der Waals surface area contributed by atoms with E-state index in [0.717, 1.165) is 105 Å². The number of aryl methyl sites for hydroxylation is 3. The SMILES string of the molecule is Cc1cccc(N(c2ccccc2)c2ccc3cc4c(cc3c2)oc2cc(C)c3oc5cc6cc(N(c7ccccc7)c7cccc(C)c7)ccc6cc5c3c24)c1. The maximum atomic E-state index is 6.76. The molecule has 0 radical (unpaired) electrons. The second-order valence-electron chi connectivity index (χ2n) is 15.3. The van der Waals surface area contributed by atoms with Gasteiger partial charge in [-0.2, -0.15) is 0 Å². The predicted molar refractivity (Wildman–Crippen MR) is 240 cm³/mol. The minimum atomic E-state index is 0.861. The van der Waals surface area contributed by atoms with E-state index < -0.39 is 0 Å². The molecular weight excluding hydrogens is 697 g/mol.